The minimum atomic E-state index is -3.65. The van der Waals surface area contributed by atoms with Gasteiger partial charge in [-0.3, -0.25) is 0 Å². The van der Waals surface area contributed by atoms with E-state index in [0.717, 1.165) is 22.4 Å². The normalized spacial score (nSPS) is 15.3. The lowest BCUT2D eigenvalue weighted by molar-refractivity contribution is -0.286. The Bertz CT molecular complexity index is 878. The second kappa shape index (κ2) is 6.48. The molecule has 5 heteroatoms. The summed E-state index contributed by atoms with van der Waals surface area (Å²) in [4.78, 5) is 2.36. The number of alkyl halides is 2. The molecule has 0 atom stereocenters. The third-order valence-corrected chi connectivity index (χ3v) is 5.25. The molecule has 1 aromatic heterocycles. The summed E-state index contributed by atoms with van der Waals surface area (Å²) in [5.41, 5.74) is 2.75. The van der Waals surface area contributed by atoms with Crippen LogP contribution in [0.15, 0.2) is 55.1 Å². The number of halogens is 2. The molecule has 0 bridgehead atoms. The molecule has 0 saturated carbocycles. The maximum Gasteiger partial charge on any atom is 0.586 e. The topological polar surface area (TPSA) is 18.5 Å². The van der Waals surface area contributed by atoms with Gasteiger partial charge in [-0.2, -0.15) is 0 Å². The monoisotopic (exact) mass is 360 g/mol. The molecule has 2 aromatic rings. The number of benzene rings is 1. The van der Waals surface area contributed by atoms with Crippen LogP contribution in [0.5, 0.6) is 11.5 Å². The minimum Gasteiger partial charge on any atom is -0.395 e. The number of hydrogen-bond donors (Lipinski definition) is 0. The van der Waals surface area contributed by atoms with Crippen LogP contribution >= 0.6 is 11.3 Å². The Labute approximate surface area is 149 Å². The number of ether oxygens (including phenoxy) is 2. The summed E-state index contributed by atoms with van der Waals surface area (Å²) >= 11 is 1.69. The van der Waals surface area contributed by atoms with Gasteiger partial charge >= 0.3 is 6.29 Å². The number of thiophene rings is 1. The van der Waals surface area contributed by atoms with Crippen molar-refractivity contribution >= 4 is 22.5 Å². The summed E-state index contributed by atoms with van der Waals surface area (Å²) in [5, 5.41) is 0. The summed E-state index contributed by atoms with van der Waals surface area (Å²) in [5.74, 6) is 0.0291. The standard InChI is InChI=1S/C20H18F2O2S/c1-5-15-9-10-18(25-15)13(3)11-12(2)14(4)16-7-6-8-17-19(16)24-20(21,22)23-17/h6-11H,3-5H2,1-2H3/b12-11+. The van der Waals surface area contributed by atoms with Gasteiger partial charge in [0.05, 0.1) is 0 Å². The van der Waals surface area contributed by atoms with Gasteiger partial charge in [0, 0.05) is 15.3 Å². The molecule has 0 amide bonds. The molecule has 0 N–H and O–H groups in total. The van der Waals surface area contributed by atoms with Gasteiger partial charge in [-0.25, -0.2) is 0 Å². The van der Waals surface area contributed by atoms with E-state index in [0.29, 0.717) is 11.1 Å². The van der Waals surface area contributed by atoms with Gasteiger partial charge in [0.1, 0.15) is 0 Å². The van der Waals surface area contributed by atoms with Crippen molar-refractivity contribution < 1.29 is 18.3 Å². The van der Waals surface area contributed by atoms with Crippen LogP contribution < -0.4 is 9.47 Å². The van der Waals surface area contributed by atoms with Crippen molar-refractivity contribution in [1.29, 1.82) is 0 Å². The maximum atomic E-state index is 13.3. The zero-order valence-corrected chi connectivity index (χ0v) is 14.9. The average Bonchev–Trinajstić information content (AvgIpc) is 3.15. The number of fused-ring (bicyclic) bond motifs is 1. The Morgan fingerprint density at radius 2 is 1.96 bits per heavy atom. The van der Waals surface area contributed by atoms with Crippen molar-refractivity contribution in [3.8, 4) is 11.5 Å². The highest BCUT2D eigenvalue weighted by Crippen LogP contribution is 2.46. The first-order chi connectivity index (χ1) is 11.8. The molecule has 2 heterocycles. The zero-order chi connectivity index (χ0) is 18.2. The number of para-hydroxylation sites is 1. The van der Waals surface area contributed by atoms with Crippen LogP contribution in [0.25, 0.3) is 11.1 Å². The van der Waals surface area contributed by atoms with Crippen LogP contribution in [0, 0.1) is 0 Å². The van der Waals surface area contributed by atoms with E-state index < -0.39 is 6.29 Å². The predicted molar refractivity (Wildman–Crippen MR) is 98.2 cm³/mol. The first-order valence-corrected chi connectivity index (χ1v) is 8.67. The molecule has 0 radical (unpaired) electrons. The highest BCUT2D eigenvalue weighted by Gasteiger charge is 2.44. The second-order valence-electron chi connectivity index (χ2n) is 5.75. The summed E-state index contributed by atoms with van der Waals surface area (Å²) in [6.45, 7) is 12.1. The molecule has 3 rings (SSSR count). The minimum absolute atomic E-state index is 0.0141. The molecule has 0 aliphatic carbocycles. The van der Waals surface area contributed by atoms with Gasteiger partial charge in [-0.1, -0.05) is 38.3 Å². The van der Waals surface area contributed by atoms with E-state index in [-0.39, 0.29) is 11.5 Å². The fraction of sp³-hybridized carbons (Fsp3) is 0.200. The van der Waals surface area contributed by atoms with Gasteiger partial charge in [-0.05, 0) is 48.3 Å². The number of hydrogen-bond acceptors (Lipinski definition) is 3. The summed E-state index contributed by atoms with van der Waals surface area (Å²) in [7, 11) is 0. The lowest BCUT2D eigenvalue weighted by atomic mass is 9.97. The first-order valence-electron chi connectivity index (χ1n) is 7.85. The lowest BCUT2D eigenvalue weighted by Crippen LogP contribution is -2.26. The fourth-order valence-corrected chi connectivity index (χ4v) is 3.47. The van der Waals surface area contributed by atoms with Crippen molar-refractivity contribution in [2.24, 2.45) is 0 Å². The Kier molecular flexibility index (Phi) is 4.52. The van der Waals surface area contributed by atoms with Gasteiger partial charge in [0.2, 0.25) is 0 Å². The molecule has 1 aliphatic heterocycles. The van der Waals surface area contributed by atoms with Gasteiger partial charge in [0.15, 0.2) is 11.5 Å². The van der Waals surface area contributed by atoms with Crippen LogP contribution in [0.4, 0.5) is 8.78 Å². The van der Waals surface area contributed by atoms with Crippen molar-refractivity contribution in [2.45, 2.75) is 26.6 Å². The summed E-state index contributed by atoms with van der Waals surface area (Å²) in [6, 6.07) is 8.89. The SMILES string of the molecule is C=C(/C=C(\C)C(=C)c1cccc2c1OC(F)(F)O2)c1ccc(CC)s1. The predicted octanol–water partition coefficient (Wildman–Crippen LogP) is 6.30. The van der Waals surface area contributed by atoms with Gasteiger partial charge < -0.3 is 9.47 Å². The first kappa shape index (κ1) is 17.4. The molecule has 0 fully saturated rings. The van der Waals surface area contributed by atoms with Gasteiger partial charge in [-0.15, -0.1) is 20.1 Å². The van der Waals surface area contributed by atoms with E-state index in [1.54, 1.807) is 23.5 Å². The molecule has 1 aliphatic rings. The lowest BCUT2D eigenvalue weighted by Gasteiger charge is -2.11. The smallest absolute Gasteiger partial charge is 0.395 e. The van der Waals surface area contributed by atoms with E-state index in [9.17, 15) is 8.78 Å². The largest absolute Gasteiger partial charge is 0.586 e. The van der Waals surface area contributed by atoms with Crippen LogP contribution in [-0.4, -0.2) is 6.29 Å². The highest BCUT2D eigenvalue weighted by atomic mass is 32.1. The molecule has 0 saturated heterocycles. The number of allylic oxidation sites excluding steroid dienone is 4. The Balaban J connectivity index is 1.86. The van der Waals surface area contributed by atoms with Crippen LogP contribution in [0.2, 0.25) is 0 Å². The molecule has 1 aromatic carbocycles. The van der Waals surface area contributed by atoms with E-state index in [4.69, 9.17) is 0 Å². The van der Waals surface area contributed by atoms with Gasteiger partial charge in [0.25, 0.3) is 0 Å². The molecule has 25 heavy (non-hydrogen) atoms. The number of rotatable bonds is 5. The van der Waals surface area contributed by atoms with Crippen LogP contribution in [-0.2, 0) is 6.42 Å². The van der Waals surface area contributed by atoms with Crippen LogP contribution in [0.1, 0.15) is 29.2 Å². The third kappa shape index (κ3) is 3.51. The Hall–Kier alpha value is -2.40. The molecular weight excluding hydrogens is 342 g/mol. The van der Waals surface area contributed by atoms with E-state index >= 15 is 0 Å². The fourth-order valence-electron chi connectivity index (χ4n) is 2.58. The second-order valence-corrected chi connectivity index (χ2v) is 6.92. The Morgan fingerprint density at radius 3 is 2.64 bits per heavy atom. The summed E-state index contributed by atoms with van der Waals surface area (Å²) < 4.78 is 35.8. The van der Waals surface area contributed by atoms with Crippen LogP contribution in [0.3, 0.4) is 0 Å². The van der Waals surface area contributed by atoms with E-state index in [1.165, 1.54) is 10.9 Å². The third-order valence-electron chi connectivity index (χ3n) is 3.95. The molecule has 2 nitrogen and oxygen atoms in total. The van der Waals surface area contributed by atoms with E-state index in [1.807, 2.05) is 19.1 Å². The van der Waals surface area contributed by atoms with Crippen molar-refractivity contribution in [2.75, 3.05) is 0 Å². The summed E-state index contributed by atoms with van der Waals surface area (Å²) in [6.07, 6.45) is -0.760. The quantitative estimate of drug-likeness (QED) is 0.582. The maximum absolute atomic E-state index is 13.3. The number of aryl methyl sites for hydroxylation is 1. The molecule has 0 spiro atoms. The molecule has 130 valence electrons. The van der Waals surface area contributed by atoms with E-state index in [2.05, 4.69) is 35.6 Å². The van der Waals surface area contributed by atoms with Crippen molar-refractivity contribution in [1.82, 2.24) is 0 Å². The molecular formula is C20H18F2O2S. The zero-order valence-electron chi connectivity index (χ0n) is 14.1. The Morgan fingerprint density at radius 1 is 1.20 bits per heavy atom. The highest BCUT2D eigenvalue weighted by molar-refractivity contribution is 7.13. The average molecular weight is 360 g/mol. The van der Waals surface area contributed by atoms with Crippen molar-refractivity contribution in [3.05, 3.63) is 70.5 Å². The van der Waals surface area contributed by atoms with Crippen molar-refractivity contribution in [3.63, 3.8) is 0 Å². The molecule has 0 unspecified atom stereocenters.